The number of amides is 1. The van der Waals surface area contributed by atoms with Gasteiger partial charge in [-0.25, -0.2) is 0 Å². The average Bonchev–Trinajstić information content (AvgIpc) is 2.40. The highest BCUT2D eigenvalue weighted by atomic mass is 16.2. The summed E-state index contributed by atoms with van der Waals surface area (Å²) in [6.07, 6.45) is 6.04. The fraction of sp³-hybridized carbons (Fsp3) is 0.933. The maximum absolute atomic E-state index is 11.8. The van der Waals surface area contributed by atoms with E-state index in [1.165, 1.54) is 0 Å². The van der Waals surface area contributed by atoms with Crippen molar-refractivity contribution < 1.29 is 4.79 Å². The summed E-state index contributed by atoms with van der Waals surface area (Å²) in [5.41, 5.74) is 6.00. The third-order valence-corrected chi connectivity index (χ3v) is 3.53. The van der Waals surface area contributed by atoms with Crippen molar-refractivity contribution >= 4 is 5.91 Å². The maximum atomic E-state index is 11.8. The lowest BCUT2D eigenvalue weighted by molar-refractivity contribution is -0.130. The monoisotopic (exact) mass is 271 g/mol. The molecule has 1 amide bonds. The number of rotatable bonds is 11. The van der Waals surface area contributed by atoms with Crippen LogP contribution in [0.5, 0.6) is 0 Å². The molecule has 0 rings (SSSR count). The molecule has 0 radical (unpaired) electrons. The molecule has 2 N–H and O–H groups in total. The molecule has 0 aliphatic rings. The largest absolute Gasteiger partial charge is 0.344 e. The van der Waals surface area contributed by atoms with Crippen LogP contribution in [0.1, 0.15) is 52.4 Å². The topological polar surface area (TPSA) is 49.6 Å². The number of likely N-dealkylation sites (N-methyl/N-ethyl adjacent to an activating group) is 2. The van der Waals surface area contributed by atoms with Gasteiger partial charge in [-0.15, -0.1) is 0 Å². The van der Waals surface area contributed by atoms with E-state index in [1.54, 1.807) is 0 Å². The summed E-state index contributed by atoms with van der Waals surface area (Å²) < 4.78 is 0. The van der Waals surface area contributed by atoms with Crippen molar-refractivity contribution in [3.05, 3.63) is 0 Å². The highest BCUT2D eigenvalue weighted by molar-refractivity contribution is 5.75. The van der Waals surface area contributed by atoms with E-state index in [9.17, 15) is 4.79 Å². The van der Waals surface area contributed by atoms with Gasteiger partial charge in [-0.05, 0) is 32.9 Å². The Morgan fingerprint density at radius 1 is 1.05 bits per heavy atom. The molecule has 0 saturated carbocycles. The van der Waals surface area contributed by atoms with Crippen LogP contribution in [0.3, 0.4) is 0 Å². The van der Waals surface area contributed by atoms with Gasteiger partial charge < -0.3 is 15.5 Å². The molecule has 0 fully saturated rings. The minimum absolute atomic E-state index is 0.262. The van der Waals surface area contributed by atoms with E-state index in [0.29, 0.717) is 12.5 Å². The Morgan fingerprint density at radius 2 is 1.74 bits per heavy atom. The lowest BCUT2D eigenvalue weighted by Crippen LogP contribution is -2.36. The van der Waals surface area contributed by atoms with Crippen molar-refractivity contribution in [1.29, 1.82) is 0 Å². The second-order valence-electron chi connectivity index (χ2n) is 5.56. The molecular formula is C15H33N3O. The number of nitrogens with two attached hydrogens (primary N) is 1. The van der Waals surface area contributed by atoms with Gasteiger partial charge in [0.1, 0.15) is 0 Å². The van der Waals surface area contributed by atoms with Crippen molar-refractivity contribution in [2.24, 2.45) is 5.73 Å². The number of unbranched alkanes of at least 4 members (excludes halogenated alkanes) is 1. The number of hydrogen-bond acceptors (Lipinski definition) is 3. The van der Waals surface area contributed by atoms with Crippen molar-refractivity contribution in [2.45, 2.75) is 58.4 Å². The van der Waals surface area contributed by atoms with Gasteiger partial charge in [0.25, 0.3) is 0 Å². The molecule has 0 aliphatic carbocycles. The summed E-state index contributed by atoms with van der Waals surface area (Å²) in [5.74, 6) is 0.262. The molecule has 0 spiro atoms. The summed E-state index contributed by atoms with van der Waals surface area (Å²) in [5, 5.41) is 0. The first kappa shape index (κ1) is 18.4. The van der Waals surface area contributed by atoms with Crippen molar-refractivity contribution in [3.8, 4) is 0 Å². The van der Waals surface area contributed by atoms with Crippen LogP contribution in [0.15, 0.2) is 0 Å². The fourth-order valence-corrected chi connectivity index (χ4v) is 1.98. The third kappa shape index (κ3) is 9.91. The minimum Gasteiger partial charge on any atom is -0.344 e. The third-order valence-electron chi connectivity index (χ3n) is 3.53. The van der Waals surface area contributed by atoms with Crippen LogP contribution < -0.4 is 5.73 Å². The Balaban J connectivity index is 3.71. The zero-order chi connectivity index (χ0) is 14.7. The first-order valence-electron chi connectivity index (χ1n) is 7.69. The first-order chi connectivity index (χ1) is 9.01. The molecule has 19 heavy (non-hydrogen) atoms. The second kappa shape index (κ2) is 11.2. The van der Waals surface area contributed by atoms with Gasteiger partial charge in [0.15, 0.2) is 0 Å². The van der Waals surface area contributed by atoms with Gasteiger partial charge in [0.2, 0.25) is 5.91 Å². The number of hydrogen-bond donors (Lipinski definition) is 1. The van der Waals surface area contributed by atoms with E-state index in [1.807, 2.05) is 11.9 Å². The Bertz CT molecular complexity index is 233. The Hall–Kier alpha value is -0.610. The lowest BCUT2D eigenvalue weighted by atomic mass is 10.1. The van der Waals surface area contributed by atoms with Crippen LogP contribution in [0.4, 0.5) is 0 Å². The van der Waals surface area contributed by atoms with Crippen molar-refractivity contribution in [2.75, 3.05) is 33.7 Å². The summed E-state index contributed by atoms with van der Waals surface area (Å²) in [4.78, 5) is 15.9. The predicted molar refractivity (Wildman–Crippen MR) is 82.2 cm³/mol. The Morgan fingerprint density at radius 3 is 2.32 bits per heavy atom. The zero-order valence-electron chi connectivity index (χ0n) is 13.3. The lowest BCUT2D eigenvalue weighted by Gasteiger charge is -2.23. The van der Waals surface area contributed by atoms with Crippen LogP contribution in [-0.4, -0.2) is 55.5 Å². The molecule has 1 unspecified atom stereocenters. The molecule has 0 aliphatic heterocycles. The average molecular weight is 271 g/mol. The van der Waals surface area contributed by atoms with E-state index in [-0.39, 0.29) is 5.91 Å². The number of carbonyl (C=O) groups excluding carboxylic acids is 1. The summed E-state index contributed by atoms with van der Waals surface area (Å²) in [7, 11) is 4.00. The quantitative estimate of drug-likeness (QED) is 0.626. The van der Waals surface area contributed by atoms with Crippen molar-refractivity contribution in [1.82, 2.24) is 9.80 Å². The first-order valence-corrected chi connectivity index (χ1v) is 7.69. The predicted octanol–water partition coefficient (Wildman–Crippen LogP) is 2.08. The van der Waals surface area contributed by atoms with Crippen LogP contribution in [0.25, 0.3) is 0 Å². The molecule has 1 atom stereocenters. The molecule has 4 heteroatoms. The van der Waals surface area contributed by atoms with Gasteiger partial charge in [-0.3, -0.25) is 4.79 Å². The van der Waals surface area contributed by atoms with Crippen LogP contribution in [0, 0.1) is 0 Å². The molecule has 0 bridgehead atoms. The van der Waals surface area contributed by atoms with Crippen LogP contribution in [-0.2, 0) is 4.79 Å². The Kier molecular flexibility index (Phi) is 10.9. The van der Waals surface area contributed by atoms with E-state index < -0.39 is 0 Å². The molecule has 0 aromatic rings. The zero-order valence-corrected chi connectivity index (χ0v) is 13.3. The molecular weight excluding hydrogens is 238 g/mol. The Labute approximate surface area is 119 Å². The summed E-state index contributed by atoms with van der Waals surface area (Å²) in [6.45, 7) is 7.02. The second-order valence-corrected chi connectivity index (χ2v) is 5.56. The van der Waals surface area contributed by atoms with Crippen LogP contribution in [0.2, 0.25) is 0 Å². The smallest absolute Gasteiger partial charge is 0.222 e. The van der Waals surface area contributed by atoms with E-state index >= 15 is 0 Å². The molecule has 0 heterocycles. The van der Waals surface area contributed by atoms with E-state index in [2.05, 4.69) is 25.8 Å². The number of nitrogens with zero attached hydrogens (tertiary/aromatic N) is 2. The maximum Gasteiger partial charge on any atom is 0.222 e. The summed E-state index contributed by atoms with van der Waals surface area (Å²) in [6, 6.07) is 0.316. The number of carbonyl (C=O) groups is 1. The highest BCUT2D eigenvalue weighted by Gasteiger charge is 2.09. The van der Waals surface area contributed by atoms with Gasteiger partial charge in [-0.2, -0.15) is 0 Å². The molecule has 4 nitrogen and oxygen atoms in total. The minimum atomic E-state index is 0.262. The molecule has 114 valence electrons. The SMILES string of the molecule is CCCCC(=O)N(C)CCN(C)CCC(N)CCC. The van der Waals surface area contributed by atoms with Crippen molar-refractivity contribution in [3.63, 3.8) is 0 Å². The van der Waals surface area contributed by atoms with E-state index in [0.717, 1.165) is 51.7 Å². The van der Waals surface area contributed by atoms with E-state index in [4.69, 9.17) is 5.73 Å². The highest BCUT2D eigenvalue weighted by Crippen LogP contribution is 2.01. The van der Waals surface area contributed by atoms with Gasteiger partial charge in [0.05, 0.1) is 0 Å². The standard InChI is InChI=1S/C15H33N3O/c1-5-7-9-15(19)18(4)13-12-17(3)11-10-14(16)8-6-2/h14H,5-13,16H2,1-4H3. The fourth-order valence-electron chi connectivity index (χ4n) is 1.98. The summed E-state index contributed by atoms with van der Waals surface area (Å²) >= 11 is 0. The molecule has 0 aromatic carbocycles. The van der Waals surface area contributed by atoms with Gasteiger partial charge in [0, 0.05) is 32.6 Å². The molecule has 0 aromatic heterocycles. The van der Waals surface area contributed by atoms with Gasteiger partial charge in [-0.1, -0.05) is 26.7 Å². The normalized spacial score (nSPS) is 12.7. The molecule has 0 saturated heterocycles. The van der Waals surface area contributed by atoms with Gasteiger partial charge >= 0.3 is 0 Å². The van der Waals surface area contributed by atoms with Crippen LogP contribution >= 0.6 is 0 Å².